The summed E-state index contributed by atoms with van der Waals surface area (Å²) in [6, 6.07) is 11.5. The Morgan fingerprint density at radius 1 is 1.00 bits per heavy atom. The Labute approximate surface area is 149 Å². The first-order valence-electron chi connectivity index (χ1n) is 7.94. The monoisotopic (exact) mass is 354 g/mol. The number of rotatable bonds is 6. The van der Waals surface area contributed by atoms with Crippen LogP contribution in [0.15, 0.2) is 51.7 Å². The minimum absolute atomic E-state index is 0.176. The molecule has 26 heavy (non-hydrogen) atoms. The summed E-state index contributed by atoms with van der Waals surface area (Å²) in [6.07, 6.45) is 0. The molecule has 2 aromatic carbocycles. The minimum atomic E-state index is -0.425. The van der Waals surface area contributed by atoms with E-state index in [0.29, 0.717) is 28.4 Å². The largest absolute Gasteiger partial charge is 0.497 e. The highest BCUT2D eigenvalue weighted by atomic mass is 16.5. The highest BCUT2D eigenvalue weighted by molar-refractivity contribution is 6.00. The molecule has 0 unspecified atom stereocenters. The maximum atomic E-state index is 12.4. The summed E-state index contributed by atoms with van der Waals surface area (Å²) < 4.78 is 21.1. The molecule has 0 spiro atoms. The molecule has 0 amide bonds. The molecule has 0 aliphatic rings. The molecular formula is C20H18O6. The van der Waals surface area contributed by atoms with Gasteiger partial charge in [0.1, 0.15) is 22.8 Å². The van der Waals surface area contributed by atoms with E-state index in [4.69, 9.17) is 18.6 Å². The number of carbonyl (C=O) groups is 1. The average molecular weight is 354 g/mol. The molecule has 1 heterocycles. The van der Waals surface area contributed by atoms with Gasteiger partial charge in [0.05, 0.1) is 19.8 Å². The number of hydrogen-bond donors (Lipinski definition) is 0. The molecule has 0 atom stereocenters. The molecule has 0 saturated carbocycles. The second-order valence-corrected chi connectivity index (χ2v) is 5.68. The van der Waals surface area contributed by atoms with Gasteiger partial charge in [-0.05, 0) is 36.8 Å². The number of carbonyl (C=O) groups excluding carboxylic acids is 1. The van der Waals surface area contributed by atoms with Crippen molar-refractivity contribution in [2.24, 2.45) is 0 Å². The van der Waals surface area contributed by atoms with Gasteiger partial charge < -0.3 is 18.6 Å². The van der Waals surface area contributed by atoms with Crippen molar-refractivity contribution in [1.29, 1.82) is 0 Å². The molecule has 3 rings (SSSR count). The van der Waals surface area contributed by atoms with Crippen molar-refractivity contribution >= 4 is 16.8 Å². The Kier molecular flexibility index (Phi) is 4.93. The predicted octanol–water partition coefficient (Wildman–Crippen LogP) is 3.38. The summed E-state index contributed by atoms with van der Waals surface area (Å²) in [6.45, 7) is 1.66. The molecule has 0 saturated heterocycles. The standard InChI is InChI=1S/C20H18O6/c1-12-8-20(22)26-19-10-14(5-6-15(12)19)25-11-17(21)16-7-4-13(23-2)9-18(16)24-3/h4-10H,11H2,1-3H3. The van der Waals surface area contributed by atoms with Gasteiger partial charge >= 0.3 is 5.63 Å². The van der Waals surface area contributed by atoms with Crippen molar-refractivity contribution in [1.82, 2.24) is 0 Å². The molecule has 0 bridgehead atoms. The van der Waals surface area contributed by atoms with Crippen LogP contribution in [0.3, 0.4) is 0 Å². The average Bonchev–Trinajstić information content (AvgIpc) is 2.65. The van der Waals surface area contributed by atoms with E-state index in [0.717, 1.165) is 10.9 Å². The van der Waals surface area contributed by atoms with E-state index < -0.39 is 5.63 Å². The van der Waals surface area contributed by atoms with Crippen LogP contribution < -0.4 is 19.8 Å². The summed E-state index contributed by atoms with van der Waals surface area (Å²) in [4.78, 5) is 24.0. The van der Waals surface area contributed by atoms with Gasteiger partial charge in [-0.15, -0.1) is 0 Å². The Balaban J connectivity index is 1.79. The maximum Gasteiger partial charge on any atom is 0.336 e. The Morgan fingerprint density at radius 2 is 1.77 bits per heavy atom. The first kappa shape index (κ1) is 17.5. The summed E-state index contributed by atoms with van der Waals surface area (Å²) in [7, 11) is 3.03. The Bertz CT molecular complexity index is 1020. The summed E-state index contributed by atoms with van der Waals surface area (Å²) >= 11 is 0. The summed E-state index contributed by atoms with van der Waals surface area (Å²) in [5.74, 6) is 1.21. The highest BCUT2D eigenvalue weighted by Gasteiger charge is 2.14. The van der Waals surface area contributed by atoms with Gasteiger partial charge in [-0.2, -0.15) is 0 Å². The van der Waals surface area contributed by atoms with Crippen LogP contribution in [-0.2, 0) is 0 Å². The maximum absolute atomic E-state index is 12.4. The molecule has 0 radical (unpaired) electrons. The Morgan fingerprint density at radius 3 is 2.50 bits per heavy atom. The zero-order chi connectivity index (χ0) is 18.7. The van der Waals surface area contributed by atoms with Crippen LogP contribution in [0.2, 0.25) is 0 Å². The fourth-order valence-electron chi connectivity index (χ4n) is 2.65. The zero-order valence-corrected chi connectivity index (χ0v) is 14.7. The van der Waals surface area contributed by atoms with E-state index in [9.17, 15) is 9.59 Å². The van der Waals surface area contributed by atoms with Crippen molar-refractivity contribution in [3.63, 3.8) is 0 Å². The minimum Gasteiger partial charge on any atom is -0.497 e. The third kappa shape index (κ3) is 3.54. The van der Waals surface area contributed by atoms with Crippen molar-refractivity contribution in [2.75, 3.05) is 20.8 Å². The summed E-state index contributed by atoms with van der Waals surface area (Å²) in [5, 5.41) is 0.820. The van der Waals surface area contributed by atoms with E-state index in [1.165, 1.54) is 13.2 Å². The zero-order valence-electron chi connectivity index (χ0n) is 14.7. The molecular weight excluding hydrogens is 336 g/mol. The smallest absolute Gasteiger partial charge is 0.336 e. The third-order valence-electron chi connectivity index (χ3n) is 4.00. The highest BCUT2D eigenvalue weighted by Crippen LogP contribution is 2.26. The summed E-state index contributed by atoms with van der Waals surface area (Å²) in [5.41, 5.74) is 1.21. The lowest BCUT2D eigenvalue weighted by Gasteiger charge is -2.11. The molecule has 6 heteroatoms. The number of ether oxygens (including phenoxy) is 3. The number of aryl methyl sites for hydroxylation is 1. The first-order chi connectivity index (χ1) is 12.5. The van der Waals surface area contributed by atoms with Gasteiger partial charge in [-0.3, -0.25) is 4.79 Å². The van der Waals surface area contributed by atoms with Gasteiger partial charge in [0.2, 0.25) is 5.78 Å². The number of ketones is 1. The fraction of sp³-hybridized carbons (Fsp3) is 0.200. The van der Waals surface area contributed by atoms with Gasteiger partial charge in [0.25, 0.3) is 0 Å². The van der Waals surface area contributed by atoms with Crippen LogP contribution in [0.4, 0.5) is 0 Å². The predicted molar refractivity (Wildman–Crippen MR) is 96.6 cm³/mol. The number of Topliss-reactive ketones (excluding diaryl/α,β-unsaturated/α-hetero) is 1. The second kappa shape index (κ2) is 7.31. The molecule has 0 N–H and O–H groups in total. The molecule has 0 aliphatic heterocycles. The lowest BCUT2D eigenvalue weighted by Crippen LogP contribution is -2.13. The van der Waals surface area contributed by atoms with Gasteiger partial charge in [0.15, 0.2) is 6.61 Å². The fourth-order valence-corrected chi connectivity index (χ4v) is 2.65. The van der Waals surface area contributed by atoms with E-state index in [-0.39, 0.29) is 12.4 Å². The van der Waals surface area contributed by atoms with Crippen molar-refractivity contribution in [3.05, 3.63) is 64.0 Å². The van der Waals surface area contributed by atoms with E-state index in [1.807, 2.05) is 6.92 Å². The van der Waals surface area contributed by atoms with Crippen LogP contribution in [0.1, 0.15) is 15.9 Å². The van der Waals surface area contributed by atoms with Crippen molar-refractivity contribution in [2.45, 2.75) is 6.92 Å². The number of methoxy groups -OCH3 is 2. The van der Waals surface area contributed by atoms with Crippen LogP contribution >= 0.6 is 0 Å². The van der Waals surface area contributed by atoms with E-state index >= 15 is 0 Å². The molecule has 134 valence electrons. The molecule has 1 aromatic heterocycles. The molecule has 0 fully saturated rings. The van der Waals surface area contributed by atoms with Crippen LogP contribution in [0.25, 0.3) is 11.0 Å². The van der Waals surface area contributed by atoms with Crippen LogP contribution in [0.5, 0.6) is 17.2 Å². The number of benzene rings is 2. The molecule has 6 nitrogen and oxygen atoms in total. The lowest BCUT2D eigenvalue weighted by molar-refractivity contribution is 0.0918. The normalized spacial score (nSPS) is 10.6. The second-order valence-electron chi connectivity index (χ2n) is 5.68. The van der Waals surface area contributed by atoms with Crippen LogP contribution in [0, 0.1) is 6.92 Å². The SMILES string of the molecule is COc1ccc(C(=O)COc2ccc3c(C)cc(=O)oc3c2)c(OC)c1. The lowest BCUT2D eigenvalue weighted by atomic mass is 10.1. The van der Waals surface area contributed by atoms with Gasteiger partial charge in [0, 0.05) is 23.6 Å². The topological polar surface area (TPSA) is 75.0 Å². The van der Waals surface area contributed by atoms with Crippen molar-refractivity contribution in [3.8, 4) is 17.2 Å². The molecule has 3 aromatic rings. The van der Waals surface area contributed by atoms with Gasteiger partial charge in [-0.25, -0.2) is 4.79 Å². The first-order valence-corrected chi connectivity index (χ1v) is 7.94. The molecule has 0 aliphatic carbocycles. The van der Waals surface area contributed by atoms with Crippen LogP contribution in [-0.4, -0.2) is 26.6 Å². The van der Waals surface area contributed by atoms with E-state index in [2.05, 4.69) is 0 Å². The van der Waals surface area contributed by atoms with Gasteiger partial charge in [-0.1, -0.05) is 0 Å². The number of fused-ring (bicyclic) bond motifs is 1. The third-order valence-corrected chi connectivity index (χ3v) is 4.00. The Hall–Kier alpha value is -3.28. The van der Waals surface area contributed by atoms with Crippen molar-refractivity contribution < 1.29 is 23.4 Å². The quantitative estimate of drug-likeness (QED) is 0.499. The number of hydrogen-bond acceptors (Lipinski definition) is 6. The van der Waals surface area contributed by atoms with E-state index in [1.54, 1.807) is 43.5 Å².